The van der Waals surface area contributed by atoms with E-state index in [0.717, 1.165) is 6.42 Å². The van der Waals surface area contributed by atoms with E-state index in [1.54, 1.807) is 6.07 Å². The molecule has 100 valence electrons. The lowest BCUT2D eigenvalue weighted by atomic mass is 10.2. The number of carbonyl (C=O) groups is 1. The second-order valence-electron chi connectivity index (χ2n) is 4.15. The second-order valence-corrected chi connectivity index (χ2v) is 4.15. The van der Waals surface area contributed by atoms with Crippen LogP contribution in [-0.2, 0) is 9.53 Å². The second kappa shape index (κ2) is 6.32. The van der Waals surface area contributed by atoms with Crippen LogP contribution in [0.25, 0.3) is 0 Å². The first kappa shape index (κ1) is 13.5. The van der Waals surface area contributed by atoms with Crippen LogP contribution in [0.2, 0.25) is 0 Å². The molecule has 1 heterocycles. The normalized spacial score (nSPS) is 17.7. The highest BCUT2D eigenvalue weighted by molar-refractivity contribution is 5.94. The van der Waals surface area contributed by atoms with Crippen molar-refractivity contribution in [1.29, 1.82) is 0 Å². The van der Waals surface area contributed by atoms with Crippen LogP contribution >= 0.6 is 0 Å². The highest BCUT2D eigenvalue weighted by Crippen LogP contribution is 2.18. The number of nitrogens with one attached hydrogen (secondary N) is 1. The van der Waals surface area contributed by atoms with Crippen LogP contribution in [0.5, 0.6) is 0 Å². The molecule has 1 fully saturated rings. The fourth-order valence-corrected chi connectivity index (χ4v) is 1.83. The zero-order valence-electron chi connectivity index (χ0n) is 10.3. The Hall–Kier alpha value is -1.90. The van der Waals surface area contributed by atoms with Crippen molar-refractivity contribution < 1.29 is 19.0 Å². The van der Waals surface area contributed by atoms with Crippen molar-refractivity contribution >= 4 is 11.6 Å². The van der Waals surface area contributed by atoms with Gasteiger partial charge in [-0.2, -0.15) is 0 Å². The van der Waals surface area contributed by atoms with Crippen LogP contribution in [0.4, 0.5) is 10.1 Å². The molecule has 1 aliphatic heterocycles. The standard InChI is InChI=1S/C14H14FNO3/c15-11-9-10(3-1-7-17)5-6-12(11)16-14(18)13-4-2-8-19-13/h5-6,9,13,17H,2,4,7-8H2,(H,16,18). The Bertz CT molecular complexity index is 527. The molecular weight excluding hydrogens is 249 g/mol. The molecule has 4 nitrogen and oxygen atoms in total. The van der Waals surface area contributed by atoms with Crippen LogP contribution < -0.4 is 5.32 Å². The number of hydrogen-bond donors (Lipinski definition) is 2. The number of benzene rings is 1. The van der Waals surface area contributed by atoms with Crippen LogP contribution in [0.15, 0.2) is 18.2 Å². The molecule has 5 heteroatoms. The number of aliphatic hydroxyl groups excluding tert-OH is 1. The van der Waals surface area contributed by atoms with Crippen molar-refractivity contribution in [3.8, 4) is 11.8 Å². The van der Waals surface area contributed by atoms with E-state index >= 15 is 0 Å². The van der Waals surface area contributed by atoms with E-state index in [9.17, 15) is 9.18 Å². The number of carbonyl (C=O) groups excluding carboxylic acids is 1. The number of rotatable bonds is 2. The summed E-state index contributed by atoms with van der Waals surface area (Å²) in [5.74, 6) is 4.13. The van der Waals surface area contributed by atoms with Crippen LogP contribution in [0.1, 0.15) is 18.4 Å². The van der Waals surface area contributed by atoms with Crippen molar-refractivity contribution in [2.24, 2.45) is 0 Å². The molecule has 1 aliphatic rings. The Morgan fingerprint density at radius 1 is 1.58 bits per heavy atom. The van der Waals surface area contributed by atoms with Gasteiger partial charge in [-0.1, -0.05) is 11.8 Å². The van der Waals surface area contributed by atoms with E-state index in [1.165, 1.54) is 12.1 Å². The van der Waals surface area contributed by atoms with Gasteiger partial charge in [-0.15, -0.1) is 0 Å². The van der Waals surface area contributed by atoms with E-state index < -0.39 is 11.9 Å². The maximum atomic E-state index is 13.7. The van der Waals surface area contributed by atoms with Gasteiger partial charge in [0.25, 0.3) is 5.91 Å². The predicted octanol–water partition coefficient (Wildman–Crippen LogP) is 1.29. The molecule has 1 aromatic rings. The third kappa shape index (κ3) is 3.53. The maximum absolute atomic E-state index is 13.7. The summed E-state index contributed by atoms with van der Waals surface area (Å²) in [4.78, 5) is 11.8. The Morgan fingerprint density at radius 3 is 3.05 bits per heavy atom. The number of amides is 1. The maximum Gasteiger partial charge on any atom is 0.253 e. The largest absolute Gasteiger partial charge is 0.384 e. The Kier molecular flexibility index (Phi) is 4.50. The van der Waals surface area contributed by atoms with Crippen molar-refractivity contribution in [2.45, 2.75) is 18.9 Å². The molecule has 1 unspecified atom stereocenters. The van der Waals surface area contributed by atoms with Gasteiger partial charge in [-0.05, 0) is 31.0 Å². The Morgan fingerprint density at radius 2 is 2.42 bits per heavy atom. The van der Waals surface area contributed by atoms with Crippen molar-refractivity contribution in [3.05, 3.63) is 29.6 Å². The van der Waals surface area contributed by atoms with E-state index in [4.69, 9.17) is 9.84 Å². The topological polar surface area (TPSA) is 58.6 Å². The van der Waals surface area contributed by atoms with Gasteiger partial charge < -0.3 is 15.2 Å². The molecule has 19 heavy (non-hydrogen) atoms. The van der Waals surface area contributed by atoms with Gasteiger partial charge in [-0.3, -0.25) is 4.79 Å². The molecule has 1 amide bonds. The average Bonchev–Trinajstić information content (AvgIpc) is 2.93. The summed E-state index contributed by atoms with van der Waals surface area (Å²) in [5.41, 5.74) is 0.553. The first-order valence-electron chi connectivity index (χ1n) is 6.02. The quantitative estimate of drug-likeness (QED) is 0.790. The summed E-state index contributed by atoms with van der Waals surface area (Å²) in [6.07, 6.45) is 1.01. The summed E-state index contributed by atoms with van der Waals surface area (Å²) >= 11 is 0. The SMILES string of the molecule is O=C(Nc1ccc(C#CCO)cc1F)C1CCCO1. The fraction of sp³-hybridized carbons (Fsp3) is 0.357. The molecule has 1 aromatic carbocycles. The molecule has 0 spiro atoms. The van der Waals surface area contributed by atoms with E-state index in [-0.39, 0.29) is 18.2 Å². The number of anilines is 1. The van der Waals surface area contributed by atoms with E-state index in [0.29, 0.717) is 18.6 Å². The van der Waals surface area contributed by atoms with Crippen molar-refractivity contribution in [2.75, 3.05) is 18.5 Å². The van der Waals surface area contributed by atoms with Crippen molar-refractivity contribution in [1.82, 2.24) is 0 Å². The zero-order valence-corrected chi connectivity index (χ0v) is 10.3. The van der Waals surface area contributed by atoms with Gasteiger partial charge in [-0.25, -0.2) is 4.39 Å². The lowest BCUT2D eigenvalue weighted by molar-refractivity contribution is -0.124. The number of halogens is 1. The number of hydrogen-bond acceptors (Lipinski definition) is 3. The van der Waals surface area contributed by atoms with E-state index in [2.05, 4.69) is 17.2 Å². The minimum absolute atomic E-state index is 0.107. The lowest BCUT2D eigenvalue weighted by Crippen LogP contribution is -2.27. The average molecular weight is 263 g/mol. The van der Waals surface area contributed by atoms with E-state index in [1.807, 2.05) is 0 Å². The van der Waals surface area contributed by atoms with Gasteiger partial charge in [0.2, 0.25) is 0 Å². The van der Waals surface area contributed by atoms with Gasteiger partial charge in [0.15, 0.2) is 0 Å². The summed E-state index contributed by atoms with van der Waals surface area (Å²) in [6.45, 7) is 0.287. The Balaban J connectivity index is 2.06. The van der Waals surface area contributed by atoms with Gasteiger partial charge in [0.05, 0.1) is 5.69 Å². The number of aliphatic hydroxyl groups is 1. The first-order valence-corrected chi connectivity index (χ1v) is 6.02. The molecule has 0 bridgehead atoms. The fourth-order valence-electron chi connectivity index (χ4n) is 1.83. The van der Waals surface area contributed by atoms with Gasteiger partial charge in [0, 0.05) is 12.2 Å². The molecule has 2 rings (SSSR count). The lowest BCUT2D eigenvalue weighted by Gasteiger charge is -2.11. The van der Waals surface area contributed by atoms with Crippen molar-refractivity contribution in [3.63, 3.8) is 0 Å². The molecule has 0 radical (unpaired) electrons. The molecule has 2 N–H and O–H groups in total. The summed E-state index contributed by atoms with van der Waals surface area (Å²) < 4.78 is 19.0. The highest BCUT2D eigenvalue weighted by atomic mass is 19.1. The number of ether oxygens (including phenoxy) is 1. The smallest absolute Gasteiger partial charge is 0.253 e. The molecule has 0 aliphatic carbocycles. The summed E-state index contributed by atoms with van der Waals surface area (Å²) in [6, 6.07) is 4.24. The predicted molar refractivity (Wildman–Crippen MR) is 68.0 cm³/mol. The molecule has 0 aromatic heterocycles. The minimum Gasteiger partial charge on any atom is -0.384 e. The van der Waals surface area contributed by atoms with Gasteiger partial charge in [0.1, 0.15) is 18.5 Å². The van der Waals surface area contributed by atoms with Crippen LogP contribution in [-0.4, -0.2) is 30.3 Å². The minimum atomic E-state index is -0.559. The first-order chi connectivity index (χ1) is 9.20. The molecule has 1 atom stereocenters. The molecule has 0 saturated carbocycles. The highest BCUT2D eigenvalue weighted by Gasteiger charge is 2.24. The van der Waals surface area contributed by atoms with Gasteiger partial charge >= 0.3 is 0 Å². The third-order valence-corrected chi connectivity index (χ3v) is 2.76. The zero-order chi connectivity index (χ0) is 13.7. The molecular formula is C14H14FNO3. The molecule has 1 saturated heterocycles. The third-order valence-electron chi connectivity index (χ3n) is 2.76. The summed E-state index contributed by atoms with van der Waals surface area (Å²) in [5, 5.41) is 11.1. The Labute approximate surface area is 110 Å². The van der Waals surface area contributed by atoms with Crippen LogP contribution in [0.3, 0.4) is 0 Å². The van der Waals surface area contributed by atoms with Crippen LogP contribution in [0, 0.1) is 17.7 Å². The summed E-state index contributed by atoms with van der Waals surface area (Å²) in [7, 11) is 0. The monoisotopic (exact) mass is 263 g/mol.